The molecule has 1 atom stereocenters. The molecule has 0 saturated carbocycles. The second-order valence-corrected chi connectivity index (χ2v) is 4.94. The van der Waals surface area contributed by atoms with Crippen molar-refractivity contribution in [3.8, 4) is 5.75 Å². The van der Waals surface area contributed by atoms with Crippen LogP contribution in [0, 0.1) is 5.82 Å². The Labute approximate surface area is 133 Å². The van der Waals surface area contributed by atoms with E-state index in [9.17, 15) is 14.0 Å². The zero-order chi connectivity index (χ0) is 16.8. The van der Waals surface area contributed by atoms with Crippen molar-refractivity contribution in [2.45, 2.75) is 25.7 Å². The molecule has 0 amide bonds. The van der Waals surface area contributed by atoms with Crippen LogP contribution < -0.4 is 4.74 Å². The molecule has 0 radical (unpaired) electrons. The zero-order valence-electron chi connectivity index (χ0n) is 12.8. The molecule has 0 aliphatic heterocycles. The smallest absolute Gasteiger partial charge is 0.335 e. The summed E-state index contributed by atoms with van der Waals surface area (Å²) in [5, 5.41) is 0. The summed E-state index contributed by atoms with van der Waals surface area (Å²) in [5.41, 5.74) is 0.489. The summed E-state index contributed by atoms with van der Waals surface area (Å²) in [6.07, 6.45) is 6.92. The Balaban J connectivity index is 2.06. The predicted molar refractivity (Wildman–Crippen MR) is 83.2 cm³/mol. The number of halogens is 1. The van der Waals surface area contributed by atoms with Crippen LogP contribution in [0.4, 0.5) is 4.39 Å². The minimum Gasteiger partial charge on any atom is -0.426 e. The van der Waals surface area contributed by atoms with Crippen LogP contribution in [-0.4, -0.2) is 11.9 Å². The summed E-state index contributed by atoms with van der Waals surface area (Å²) in [4.78, 5) is 22.3. The second-order valence-electron chi connectivity index (χ2n) is 4.94. The Morgan fingerprint density at radius 1 is 1.39 bits per heavy atom. The number of rotatable bonds is 5. The van der Waals surface area contributed by atoms with Gasteiger partial charge in [-0.25, -0.2) is 9.18 Å². The molecule has 0 N–H and O–H groups in total. The minimum absolute atomic E-state index is 0.169. The van der Waals surface area contributed by atoms with Crippen molar-refractivity contribution >= 4 is 11.9 Å². The van der Waals surface area contributed by atoms with Crippen LogP contribution in [0.15, 0.2) is 54.8 Å². The van der Waals surface area contributed by atoms with Crippen molar-refractivity contribution in [1.29, 1.82) is 0 Å². The van der Waals surface area contributed by atoms with Gasteiger partial charge >= 0.3 is 11.9 Å². The molecule has 4 nitrogen and oxygen atoms in total. The van der Waals surface area contributed by atoms with Crippen molar-refractivity contribution in [3.63, 3.8) is 0 Å². The average Bonchev–Trinajstić information content (AvgIpc) is 2.55. The van der Waals surface area contributed by atoms with Crippen LogP contribution in [0.5, 0.6) is 5.75 Å². The standard InChI is InChI=1S/C18H17FO4/c1-3-17(20)22-13-7-5-12(6-8-13)15-10-9-14(11-16(15)19)23-18(21)4-2/h3,5,7-12H,1,4,6H2,2H3. The number of hydrogen-bond acceptors (Lipinski definition) is 4. The van der Waals surface area contributed by atoms with Crippen molar-refractivity contribution in [1.82, 2.24) is 0 Å². The largest absolute Gasteiger partial charge is 0.426 e. The first-order chi connectivity index (χ1) is 11.0. The van der Waals surface area contributed by atoms with Gasteiger partial charge in [-0.05, 0) is 30.2 Å². The number of carbonyl (C=O) groups is 2. The van der Waals surface area contributed by atoms with E-state index in [0.717, 1.165) is 6.08 Å². The van der Waals surface area contributed by atoms with E-state index in [0.29, 0.717) is 17.7 Å². The highest BCUT2D eigenvalue weighted by Crippen LogP contribution is 2.30. The third-order valence-corrected chi connectivity index (χ3v) is 3.34. The lowest BCUT2D eigenvalue weighted by Gasteiger charge is -2.17. The molecule has 5 heteroatoms. The Morgan fingerprint density at radius 2 is 2.17 bits per heavy atom. The van der Waals surface area contributed by atoms with Gasteiger partial charge in [0.1, 0.15) is 17.3 Å². The van der Waals surface area contributed by atoms with Crippen LogP contribution in [0.2, 0.25) is 0 Å². The molecule has 0 fully saturated rings. The van der Waals surface area contributed by atoms with Crippen LogP contribution in [0.25, 0.3) is 0 Å². The van der Waals surface area contributed by atoms with Gasteiger partial charge in [0.05, 0.1) is 0 Å². The van der Waals surface area contributed by atoms with Gasteiger partial charge in [0, 0.05) is 24.5 Å². The van der Waals surface area contributed by atoms with Gasteiger partial charge in [0.15, 0.2) is 0 Å². The SMILES string of the molecule is C=CC(=O)OC1=CCC(c2ccc(OC(=O)CC)cc2F)C=C1. The molecular formula is C18H17FO4. The molecule has 1 aliphatic rings. The van der Waals surface area contributed by atoms with E-state index >= 15 is 0 Å². The number of carbonyl (C=O) groups excluding carboxylic acids is 2. The molecule has 0 spiro atoms. The molecular weight excluding hydrogens is 299 g/mol. The van der Waals surface area contributed by atoms with Gasteiger partial charge in [-0.1, -0.05) is 25.6 Å². The van der Waals surface area contributed by atoms with E-state index in [1.165, 1.54) is 6.07 Å². The van der Waals surface area contributed by atoms with Crippen LogP contribution in [0.1, 0.15) is 31.2 Å². The molecule has 0 saturated heterocycles. The number of ether oxygens (including phenoxy) is 2. The molecule has 1 unspecified atom stereocenters. The molecule has 0 bridgehead atoms. The minimum atomic E-state index is -0.535. The third-order valence-electron chi connectivity index (χ3n) is 3.34. The van der Waals surface area contributed by atoms with E-state index in [2.05, 4.69) is 6.58 Å². The van der Waals surface area contributed by atoms with Crippen molar-refractivity contribution in [3.05, 3.63) is 66.2 Å². The van der Waals surface area contributed by atoms with Gasteiger partial charge in [0.25, 0.3) is 0 Å². The molecule has 1 aliphatic carbocycles. The van der Waals surface area contributed by atoms with Crippen LogP contribution >= 0.6 is 0 Å². The quantitative estimate of drug-likeness (QED) is 0.471. The van der Waals surface area contributed by atoms with E-state index < -0.39 is 17.8 Å². The first-order valence-corrected chi connectivity index (χ1v) is 7.26. The van der Waals surface area contributed by atoms with E-state index in [4.69, 9.17) is 9.47 Å². The lowest BCUT2D eigenvalue weighted by Crippen LogP contribution is -2.08. The van der Waals surface area contributed by atoms with Gasteiger partial charge in [-0.2, -0.15) is 0 Å². The average molecular weight is 316 g/mol. The van der Waals surface area contributed by atoms with E-state index in [-0.39, 0.29) is 18.1 Å². The number of esters is 2. The van der Waals surface area contributed by atoms with Gasteiger partial charge in [-0.15, -0.1) is 0 Å². The summed E-state index contributed by atoms with van der Waals surface area (Å²) in [6, 6.07) is 4.36. The summed E-state index contributed by atoms with van der Waals surface area (Å²) in [7, 11) is 0. The van der Waals surface area contributed by atoms with Crippen LogP contribution in [-0.2, 0) is 14.3 Å². The monoisotopic (exact) mass is 316 g/mol. The maximum atomic E-state index is 14.2. The predicted octanol–water partition coefficient (Wildman–Crippen LogP) is 3.80. The lowest BCUT2D eigenvalue weighted by molar-refractivity contribution is -0.134. The first kappa shape index (κ1) is 16.7. The molecule has 120 valence electrons. The van der Waals surface area contributed by atoms with Gasteiger partial charge in [0.2, 0.25) is 0 Å². The van der Waals surface area contributed by atoms with Crippen molar-refractivity contribution < 1.29 is 23.5 Å². The van der Waals surface area contributed by atoms with Gasteiger partial charge < -0.3 is 9.47 Å². The van der Waals surface area contributed by atoms with E-state index in [1.807, 2.05) is 0 Å². The van der Waals surface area contributed by atoms with Gasteiger partial charge in [-0.3, -0.25) is 4.79 Å². The first-order valence-electron chi connectivity index (χ1n) is 7.26. The van der Waals surface area contributed by atoms with Crippen molar-refractivity contribution in [2.24, 2.45) is 0 Å². The molecule has 0 aromatic heterocycles. The highest BCUT2D eigenvalue weighted by molar-refractivity contribution is 5.82. The maximum Gasteiger partial charge on any atom is 0.335 e. The second kappa shape index (κ2) is 7.54. The summed E-state index contributed by atoms with van der Waals surface area (Å²) in [5.74, 6) is -0.953. The summed E-state index contributed by atoms with van der Waals surface area (Å²) in [6.45, 7) is 4.99. The maximum absolute atomic E-state index is 14.2. The fraction of sp³-hybridized carbons (Fsp3) is 0.222. The van der Waals surface area contributed by atoms with Crippen LogP contribution in [0.3, 0.4) is 0 Å². The molecule has 1 aromatic carbocycles. The highest BCUT2D eigenvalue weighted by Gasteiger charge is 2.17. The molecule has 1 aromatic rings. The fourth-order valence-corrected chi connectivity index (χ4v) is 2.14. The van der Waals surface area contributed by atoms with Crippen molar-refractivity contribution in [2.75, 3.05) is 0 Å². The zero-order valence-corrected chi connectivity index (χ0v) is 12.8. The fourth-order valence-electron chi connectivity index (χ4n) is 2.14. The number of hydrogen-bond donors (Lipinski definition) is 0. The summed E-state index contributed by atoms with van der Waals surface area (Å²) >= 11 is 0. The Bertz CT molecular complexity index is 688. The third kappa shape index (κ3) is 4.39. The molecule has 0 heterocycles. The summed E-state index contributed by atoms with van der Waals surface area (Å²) < 4.78 is 24.2. The normalized spacial score (nSPS) is 16.4. The topological polar surface area (TPSA) is 52.6 Å². The Hall–Kier alpha value is -2.69. The number of allylic oxidation sites excluding steroid dienone is 3. The lowest BCUT2D eigenvalue weighted by atomic mass is 9.91. The van der Waals surface area contributed by atoms with E-state index in [1.54, 1.807) is 37.3 Å². The molecule has 23 heavy (non-hydrogen) atoms. The number of benzene rings is 1. The highest BCUT2D eigenvalue weighted by atomic mass is 19.1. The Morgan fingerprint density at radius 3 is 2.74 bits per heavy atom. The Kier molecular flexibility index (Phi) is 5.46. The molecule has 2 rings (SSSR count).